The molecule has 5 nitrogen and oxygen atoms in total. The van der Waals surface area contributed by atoms with Gasteiger partial charge in [-0.1, -0.05) is 0 Å². The number of amides is 2. The second-order valence-corrected chi connectivity index (χ2v) is 4.26. The zero-order chi connectivity index (χ0) is 11.4. The summed E-state index contributed by atoms with van der Waals surface area (Å²) >= 11 is 0. The average Bonchev–Trinajstić information content (AvgIpc) is 2.39. The van der Waals surface area contributed by atoms with E-state index in [1.165, 1.54) is 6.42 Å². The van der Waals surface area contributed by atoms with Crippen LogP contribution in [0.25, 0.3) is 0 Å². The molecule has 2 heterocycles. The number of nitrogens with zero attached hydrogens (tertiary/aromatic N) is 3. The van der Waals surface area contributed by atoms with Crippen LogP contribution in [0.2, 0.25) is 0 Å². The molecule has 0 aromatic carbocycles. The zero-order valence-electron chi connectivity index (χ0n) is 9.39. The summed E-state index contributed by atoms with van der Waals surface area (Å²) in [5.41, 5.74) is 0. The third-order valence-electron chi connectivity index (χ3n) is 3.11. The largest absolute Gasteiger partial charge is 0.360 e. The van der Waals surface area contributed by atoms with Crippen LogP contribution in [0.1, 0.15) is 19.3 Å². The number of morpholine rings is 1. The van der Waals surface area contributed by atoms with Crippen LogP contribution in [0, 0.1) is 11.3 Å². The predicted octanol–water partition coefficient (Wildman–Crippen LogP) is 0.817. The van der Waals surface area contributed by atoms with E-state index in [1.807, 2.05) is 4.90 Å². The molecule has 5 heteroatoms. The van der Waals surface area contributed by atoms with Crippen LogP contribution in [0.3, 0.4) is 0 Å². The maximum atomic E-state index is 12.1. The van der Waals surface area contributed by atoms with Gasteiger partial charge in [-0.15, -0.1) is 0 Å². The van der Waals surface area contributed by atoms with E-state index >= 15 is 0 Å². The molecule has 0 bridgehead atoms. The normalized spacial score (nSPS) is 26.3. The molecule has 0 radical (unpaired) electrons. The van der Waals surface area contributed by atoms with E-state index in [2.05, 4.69) is 6.07 Å². The number of likely N-dealkylation sites (tertiary alicyclic amines) is 1. The van der Waals surface area contributed by atoms with Gasteiger partial charge in [0, 0.05) is 19.6 Å². The third-order valence-corrected chi connectivity index (χ3v) is 3.11. The smallest absolute Gasteiger partial charge is 0.320 e. The van der Waals surface area contributed by atoms with Gasteiger partial charge in [0.1, 0.15) is 0 Å². The predicted molar refractivity (Wildman–Crippen MR) is 57.7 cm³/mol. The summed E-state index contributed by atoms with van der Waals surface area (Å²) in [7, 11) is 0. The summed E-state index contributed by atoms with van der Waals surface area (Å²) in [5.74, 6) is 0. The fourth-order valence-electron chi connectivity index (χ4n) is 2.19. The minimum absolute atomic E-state index is 0.0725. The van der Waals surface area contributed by atoms with Crippen LogP contribution in [-0.2, 0) is 4.74 Å². The van der Waals surface area contributed by atoms with Crippen LogP contribution in [0.4, 0.5) is 4.79 Å². The lowest BCUT2D eigenvalue weighted by molar-refractivity contribution is 0.00795. The van der Waals surface area contributed by atoms with Crippen molar-refractivity contribution in [3.63, 3.8) is 0 Å². The van der Waals surface area contributed by atoms with Gasteiger partial charge in [0.2, 0.25) is 0 Å². The summed E-state index contributed by atoms with van der Waals surface area (Å²) in [6.07, 6.45) is 2.95. The summed E-state index contributed by atoms with van der Waals surface area (Å²) < 4.78 is 5.22. The fraction of sp³-hybridized carbons (Fsp3) is 0.818. The molecule has 1 unspecified atom stereocenters. The molecule has 1 atom stereocenters. The first-order chi connectivity index (χ1) is 7.81. The van der Waals surface area contributed by atoms with Gasteiger partial charge in [0.25, 0.3) is 0 Å². The highest BCUT2D eigenvalue weighted by atomic mass is 16.5. The Hall–Kier alpha value is -1.28. The number of hydrogen-bond donors (Lipinski definition) is 0. The Morgan fingerprint density at radius 3 is 2.62 bits per heavy atom. The number of hydrogen-bond acceptors (Lipinski definition) is 3. The Morgan fingerprint density at radius 2 is 1.94 bits per heavy atom. The van der Waals surface area contributed by atoms with Crippen LogP contribution in [-0.4, -0.2) is 54.7 Å². The molecule has 2 saturated heterocycles. The molecular formula is C11H17N3O2. The number of carbonyl (C=O) groups excluding carboxylic acids is 1. The molecular weight excluding hydrogens is 206 g/mol. The lowest BCUT2D eigenvalue weighted by Gasteiger charge is -2.36. The van der Waals surface area contributed by atoms with Gasteiger partial charge in [-0.05, 0) is 19.3 Å². The lowest BCUT2D eigenvalue weighted by atomic mass is 10.1. The molecule has 0 spiro atoms. The van der Waals surface area contributed by atoms with E-state index in [4.69, 9.17) is 10.00 Å². The number of nitriles is 1. The molecule has 2 aliphatic rings. The van der Waals surface area contributed by atoms with E-state index in [0.29, 0.717) is 19.7 Å². The van der Waals surface area contributed by atoms with E-state index < -0.39 is 6.10 Å². The quantitative estimate of drug-likeness (QED) is 0.611. The second-order valence-electron chi connectivity index (χ2n) is 4.26. The molecule has 0 N–H and O–H groups in total. The number of urea groups is 1. The molecule has 0 saturated carbocycles. The summed E-state index contributed by atoms with van der Waals surface area (Å²) in [6, 6.07) is 2.13. The van der Waals surface area contributed by atoms with Gasteiger partial charge in [0.15, 0.2) is 6.10 Å². The van der Waals surface area contributed by atoms with Crippen molar-refractivity contribution >= 4 is 6.03 Å². The van der Waals surface area contributed by atoms with Crippen molar-refractivity contribution in [3.05, 3.63) is 0 Å². The topological polar surface area (TPSA) is 56.6 Å². The Labute approximate surface area is 95.6 Å². The number of rotatable bonds is 0. The standard InChI is InChI=1S/C11H17N3O2/c12-8-10-9-14(6-7-16-10)11(15)13-4-2-1-3-5-13/h10H,1-7,9H2. The Morgan fingerprint density at radius 1 is 1.19 bits per heavy atom. The summed E-state index contributed by atoms with van der Waals surface area (Å²) in [5, 5.41) is 8.77. The fourth-order valence-corrected chi connectivity index (χ4v) is 2.19. The number of carbonyl (C=O) groups is 1. The van der Waals surface area contributed by atoms with Crippen molar-refractivity contribution in [1.82, 2.24) is 9.80 Å². The monoisotopic (exact) mass is 223 g/mol. The van der Waals surface area contributed by atoms with E-state index in [-0.39, 0.29) is 6.03 Å². The second kappa shape index (κ2) is 5.17. The highest BCUT2D eigenvalue weighted by Crippen LogP contribution is 2.13. The van der Waals surface area contributed by atoms with Crippen molar-refractivity contribution in [2.24, 2.45) is 0 Å². The van der Waals surface area contributed by atoms with Crippen LogP contribution < -0.4 is 0 Å². The van der Waals surface area contributed by atoms with E-state index in [1.54, 1.807) is 4.90 Å². The maximum Gasteiger partial charge on any atom is 0.320 e. The number of piperidine rings is 1. The Bertz CT molecular complexity index is 294. The zero-order valence-corrected chi connectivity index (χ0v) is 9.39. The van der Waals surface area contributed by atoms with Gasteiger partial charge in [-0.2, -0.15) is 5.26 Å². The molecule has 2 fully saturated rings. The first kappa shape index (κ1) is 11.2. The molecule has 16 heavy (non-hydrogen) atoms. The van der Waals surface area contributed by atoms with Gasteiger partial charge in [0.05, 0.1) is 19.2 Å². The van der Waals surface area contributed by atoms with Crippen molar-refractivity contribution in [2.45, 2.75) is 25.4 Å². The first-order valence-electron chi connectivity index (χ1n) is 5.86. The SMILES string of the molecule is N#CC1CN(C(=O)N2CCCCC2)CCO1. The number of ether oxygens (including phenoxy) is 1. The minimum Gasteiger partial charge on any atom is -0.360 e. The summed E-state index contributed by atoms with van der Waals surface area (Å²) in [4.78, 5) is 15.7. The van der Waals surface area contributed by atoms with Crippen LogP contribution in [0.5, 0.6) is 0 Å². The van der Waals surface area contributed by atoms with Crippen molar-refractivity contribution in [1.29, 1.82) is 5.26 Å². The molecule has 0 aromatic rings. The highest BCUT2D eigenvalue weighted by molar-refractivity contribution is 5.74. The van der Waals surface area contributed by atoms with E-state index in [9.17, 15) is 4.79 Å². The molecule has 0 aliphatic carbocycles. The third kappa shape index (κ3) is 2.45. The lowest BCUT2D eigenvalue weighted by Crippen LogP contribution is -2.51. The Kier molecular flexibility index (Phi) is 3.62. The van der Waals surface area contributed by atoms with Gasteiger partial charge >= 0.3 is 6.03 Å². The highest BCUT2D eigenvalue weighted by Gasteiger charge is 2.27. The molecule has 2 amide bonds. The van der Waals surface area contributed by atoms with Crippen LogP contribution >= 0.6 is 0 Å². The summed E-state index contributed by atoms with van der Waals surface area (Å²) in [6.45, 7) is 3.19. The molecule has 88 valence electrons. The van der Waals surface area contributed by atoms with Gasteiger partial charge < -0.3 is 14.5 Å². The Balaban J connectivity index is 1.90. The minimum atomic E-state index is -0.456. The molecule has 2 aliphatic heterocycles. The van der Waals surface area contributed by atoms with E-state index in [0.717, 1.165) is 25.9 Å². The van der Waals surface area contributed by atoms with Gasteiger partial charge in [-0.3, -0.25) is 0 Å². The van der Waals surface area contributed by atoms with Crippen molar-refractivity contribution < 1.29 is 9.53 Å². The molecule has 0 aromatic heterocycles. The van der Waals surface area contributed by atoms with Crippen LogP contribution in [0.15, 0.2) is 0 Å². The average molecular weight is 223 g/mol. The first-order valence-corrected chi connectivity index (χ1v) is 5.86. The van der Waals surface area contributed by atoms with Gasteiger partial charge in [-0.25, -0.2) is 4.79 Å². The molecule has 2 rings (SSSR count). The maximum absolute atomic E-state index is 12.1. The van der Waals surface area contributed by atoms with Crippen molar-refractivity contribution in [3.8, 4) is 6.07 Å². The van der Waals surface area contributed by atoms with Crippen molar-refractivity contribution in [2.75, 3.05) is 32.8 Å².